The van der Waals surface area contributed by atoms with E-state index in [1.54, 1.807) is 7.11 Å². The van der Waals surface area contributed by atoms with E-state index in [9.17, 15) is 4.79 Å². The van der Waals surface area contributed by atoms with Crippen LogP contribution in [0.15, 0.2) is 83.9 Å². The standard InChI is InChI=1S/C31H32N4O2/c1-31(2)20-22(21-33-14-16-34(17-15-33)24-12-8-5-9-13-24)26-18-25(37-3)19-27-28(30(36)35(31)29(26)27)32-23-10-6-4-7-11-23/h4-13,18-20H,14-17,21H2,1-3H3. The zero-order valence-corrected chi connectivity index (χ0v) is 21.6. The fourth-order valence-corrected chi connectivity index (χ4v) is 5.75. The van der Waals surface area contributed by atoms with Crippen molar-refractivity contribution in [2.24, 2.45) is 4.99 Å². The van der Waals surface area contributed by atoms with Crippen LogP contribution in [0.1, 0.15) is 25.0 Å². The topological polar surface area (TPSA) is 48.4 Å². The predicted molar refractivity (Wildman–Crippen MR) is 150 cm³/mol. The molecule has 3 heterocycles. The number of anilines is 2. The highest BCUT2D eigenvalue weighted by atomic mass is 16.5. The van der Waals surface area contributed by atoms with Gasteiger partial charge in [0.15, 0.2) is 0 Å². The SMILES string of the molecule is COc1cc2c3c(c1)C(=Nc1ccccc1)C(=O)N3C(C)(C)C=C2CN1CCN(c2ccccc2)CC1. The van der Waals surface area contributed by atoms with E-state index in [0.717, 1.165) is 61.0 Å². The zero-order chi connectivity index (χ0) is 25.6. The molecule has 0 atom stereocenters. The van der Waals surface area contributed by atoms with Crippen molar-refractivity contribution in [1.82, 2.24) is 4.90 Å². The molecular weight excluding hydrogens is 460 g/mol. The summed E-state index contributed by atoms with van der Waals surface area (Å²) in [6, 6.07) is 24.3. The van der Waals surface area contributed by atoms with Crippen LogP contribution < -0.4 is 14.5 Å². The van der Waals surface area contributed by atoms with Gasteiger partial charge in [-0.25, -0.2) is 4.99 Å². The van der Waals surface area contributed by atoms with Gasteiger partial charge in [0.05, 0.1) is 24.0 Å². The summed E-state index contributed by atoms with van der Waals surface area (Å²) < 4.78 is 5.70. The van der Waals surface area contributed by atoms with E-state index in [1.165, 1.54) is 11.3 Å². The van der Waals surface area contributed by atoms with Crippen LogP contribution in [0, 0.1) is 0 Å². The Kier molecular flexibility index (Phi) is 5.84. The van der Waals surface area contributed by atoms with Crippen molar-refractivity contribution in [3.05, 3.63) is 90.0 Å². The Morgan fingerprint density at radius 2 is 1.54 bits per heavy atom. The second-order valence-electron chi connectivity index (χ2n) is 10.4. The van der Waals surface area contributed by atoms with Crippen LogP contribution in [0.25, 0.3) is 5.57 Å². The number of carbonyl (C=O) groups is 1. The molecule has 1 amide bonds. The lowest BCUT2D eigenvalue weighted by Gasteiger charge is -2.41. The summed E-state index contributed by atoms with van der Waals surface area (Å²) in [5.74, 6) is 0.675. The molecule has 0 N–H and O–H groups in total. The summed E-state index contributed by atoms with van der Waals surface area (Å²) in [6.07, 6.45) is 2.26. The van der Waals surface area contributed by atoms with E-state index in [1.807, 2.05) is 41.3 Å². The molecule has 0 radical (unpaired) electrons. The molecule has 3 aromatic carbocycles. The molecule has 6 nitrogen and oxygen atoms in total. The quantitative estimate of drug-likeness (QED) is 0.494. The van der Waals surface area contributed by atoms with E-state index in [4.69, 9.17) is 9.73 Å². The summed E-state index contributed by atoms with van der Waals surface area (Å²) >= 11 is 0. The van der Waals surface area contributed by atoms with Gasteiger partial charge in [-0.15, -0.1) is 0 Å². The molecule has 188 valence electrons. The van der Waals surface area contributed by atoms with Crippen LogP contribution in [-0.4, -0.2) is 61.9 Å². The number of hydrogen-bond acceptors (Lipinski definition) is 5. The number of amides is 1. The van der Waals surface area contributed by atoms with Gasteiger partial charge in [0.1, 0.15) is 11.5 Å². The fraction of sp³-hybridized carbons (Fsp3) is 0.290. The predicted octanol–water partition coefficient (Wildman–Crippen LogP) is 5.16. The van der Waals surface area contributed by atoms with Gasteiger partial charge < -0.3 is 9.64 Å². The monoisotopic (exact) mass is 492 g/mol. The zero-order valence-electron chi connectivity index (χ0n) is 21.6. The lowest BCUT2D eigenvalue weighted by atomic mass is 9.87. The molecular formula is C31H32N4O2. The fourth-order valence-electron chi connectivity index (χ4n) is 5.75. The molecule has 3 aliphatic rings. The maximum Gasteiger partial charge on any atom is 0.278 e. The number of benzene rings is 3. The number of rotatable bonds is 5. The van der Waals surface area contributed by atoms with Crippen LogP contribution in [-0.2, 0) is 4.79 Å². The Balaban J connectivity index is 1.34. The summed E-state index contributed by atoms with van der Waals surface area (Å²) in [4.78, 5) is 25.4. The molecule has 0 spiro atoms. The highest BCUT2D eigenvalue weighted by Crippen LogP contribution is 2.47. The number of carbonyl (C=O) groups excluding carboxylic acids is 1. The number of methoxy groups -OCH3 is 1. The average molecular weight is 493 g/mol. The van der Waals surface area contributed by atoms with Crippen LogP contribution in [0.5, 0.6) is 5.75 Å². The van der Waals surface area contributed by atoms with Crippen molar-refractivity contribution in [2.75, 3.05) is 49.6 Å². The first-order valence-electron chi connectivity index (χ1n) is 12.9. The second kappa shape index (κ2) is 9.20. The van der Waals surface area contributed by atoms with Gasteiger partial charge in [0.25, 0.3) is 5.91 Å². The Morgan fingerprint density at radius 3 is 2.22 bits per heavy atom. The Hall–Kier alpha value is -3.90. The third-order valence-corrected chi connectivity index (χ3v) is 7.54. The molecule has 37 heavy (non-hydrogen) atoms. The Bertz CT molecular complexity index is 1390. The van der Waals surface area contributed by atoms with E-state index in [2.05, 4.69) is 66.1 Å². The number of para-hydroxylation sites is 2. The van der Waals surface area contributed by atoms with Crippen LogP contribution >= 0.6 is 0 Å². The minimum atomic E-state index is -0.470. The average Bonchev–Trinajstić information content (AvgIpc) is 3.20. The molecule has 1 fully saturated rings. The molecule has 0 aliphatic carbocycles. The third-order valence-electron chi connectivity index (χ3n) is 7.54. The molecule has 3 aromatic rings. The Morgan fingerprint density at radius 1 is 0.892 bits per heavy atom. The normalized spacial score (nSPS) is 19.7. The van der Waals surface area contributed by atoms with E-state index in [-0.39, 0.29) is 5.91 Å². The Labute approximate surface area is 218 Å². The van der Waals surface area contributed by atoms with Crippen molar-refractivity contribution in [2.45, 2.75) is 19.4 Å². The van der Waals surface area contributed by atoms with Gasteiger partial charge in [-0.1, -0.05) is 42.5 Å². The lowest BCUT2D eigenvalue weighted by Crippen LogP contribution is -2.49. The molecule has 0 bridgehead atoms. The third kappa shape index (κ3) is 4.21. The van der Waals surface area contributed by atoms with E-state index in [0.29, 0.717) is 5.71 Å². The number of aliphatic imine (C=N–C) groups is 1. The lowest BCUT2D eigenvalue weighted by molar-refractivity contribution is -0.112. The van der Waals surface area contributed by atoms with E-state index < -0.39 is 5.54 Å². The van der Waals surface area contributed by atoms with Crippen molar-refractivity contribution < 1.29 is 9.53 Å². The summed E-state index contributed by atoms with van der Waals surface area (Å²) in [5.41, 5.74) is 6.14. The molecule has 6 heteroatoms. The molecule has 0 saturated carbocycles. The summed E-state index contributed by atoms with van der Waals surface area (Å²) in [6.45, 7) is 9.02. The minimum Gasteiger partial charge on any atom is -0.497 e. The van der Waals surface area contributed by atoms with Gasteiger partial charge in [-0.05, 0) is 55.8 Å². The van der Waals surface area contributed by atoms with Gasteiger partial charge >= 0.3 is 0 Å². The molecule has 0 unspecified atom stereocenters. The number of nitrogens with zero attached hydrogens (tertiary/aromatic N) is 4. The number of hydrogen-bond donors (Lipinski definition) is 0. The van der Waals surface area contributed by atoms with Crippen molar-refractivity contribution in [3.63, 3.8) is 0 Å². The minimum absolute atomic E-state index is 0.0647. The highest BCUT2D eigenvalue weighted by molar-refractivity contribution is 6.55. The first kappa shape index (κ1) is 23.5. The van der Waals surface area contributed by atoms with Crippen molar-refractivity contribution >= 4 is 34.3 Å². The number of ether oxygens (including phenoxy) is 1. The summed E-state index contributed by atoms with van der Waals surface area (Å²) in [5, 5.41) is 0. The smallest absolute Gasteiger partial charge is 0.278 e. The van der Waals surface area contributed by atoms with Crippen molar-refractivity contribution in [3.8, 4) is 5.75 Å². The van der Waals surface area contributed by atoms with Gasteiger partial charge in [-0.2, -0.15) is 0 Å². The largest absolute Gasteiger partial charge is 0.497 e. The van der Waals surface area contributed by atoms with Gasteiger partial charge in [0.2, 0.25) is 0 Å². The molecule has 6 rings (SSSR count). The van der Waals surface area contributed by atoms with Crippen LogP contribution in [0.3, 0.4) is 0 Å². The highest BCUT2D eigenvalue weighted by Gasteiger charge is 2.46. The molecule has 3 aliphatic heterocycles. The first-order valence-corrected chi connectivity index (χ1v) is 12.9. The van der Waals surface area contributed by atoms with Gasteiger partial charge in [0, 0.05) is 49.5 Å². The maximum absolute atomic E-state index is 13.8. The first-order chi connectivity index (χ1) is 17.9. The number of piperazine rings is 1. The second-order valence-corrected chi connectivity index (χ2v) is 10.4. The van der Waals surface area contributed by atoms with Crippen molar-refractivity contribution in [1.29, 1.82) is 0 Å². The molecule has 0 aromatic heterocycles. The van der Waals surface area contributed by atoms with Gasteiger partial charge in [-0.3, -0.25) is 14.6 Å². The maximum atomic E-state index is 13.8. The van der Waals surface area contributed by atoms with E-state index >= 15 is 0 Å². The van der Waals surface area contributed by atoms with Crippen LogP contribution in [0.2, 0.25) is 0 Å². The van der Waals surface area contributed by atoms with Crippen LogP contribution in [0.4, 0.5) is 17.1 Å². The summed E-state index contributed by atoms with van der Waals surface area (Å²) in [7, 11) is 1.68. The molecule has 1 saturated heterocycles.